The van der Waals surface area contributed by atoms with Crippen LogP contribution in [-0.4, -0.2) is 14.5 Å². The van der Waals surface area contributed by atoms with E-state index in [-0.39, 0.29) is 0 Å². The zero-order valence-corrected chi connectivity index (χ0v) is 7.81. The van der Waals surface area contributed by atoms with Gasteiger partial charge in [0.15, 0.2) is 0 Å². The first-order valence-corrected chi connectivity index (χ1v) is 4.29. The highest BCUT2D eigenvalue weighted by Crippen LogP contribution is 1.99. The van der Waals surface area contributed by atoms with E-state index in [1.54, 1.807) is 23.0 Å². The lowest BCUT2D eigenvalue weighted by Crippen LogP contribution is -2.16. The molecule has 0 aliphatic heterocycles. The van der Waals surface area contributed by atoms with Gasteiger partial charge in [0, 0.05) is 6.20 Å². The van der Waals surface area contributed by atoms with Crippen LogP contribution in [0.3, 0.4) is 0 Å². The normalized spacial score (nSPS) is 10.1. The average Bonchev–Trinajstić information content (AvgIpc) is 2.20. The van der Waals surface area contributed by atoms with Gasteiger partial charge in [0.2, 0.25) is 0 Å². The second-order valence-corrected chi connectivity index (χ2v) is 2.94. The minimum Gasteiger partial charge on any atom is -0.299 e. The monoisotopic (exact) mass is 186 g/mol. The Morgan fingerprint density at radius 2 is 1.93 bits per heavy atom. The van der Waals surface area contributed by atoms with Crippen molar-refractivity contribution in [1.82, 2.24) is 14.5 Å². The quantitative estimate of drug-likeness (QED) is 0.723. The third-order valence-corrected chi connectivity index (χ3v) is 1.91. The number of rotatable bonds is 1. The molecule has 0 aromatic carbocycles. The molecule has 0 unspecified atom stereocenters. The van der Waals surface area contributed by atoms with Crippen molar-refractivity contribution in [2.24, 2.45) is 0 Å². The number of hydrogen-bond donors (Lipinski definition) is 1. The summed E-state index contributed by atoms with van der Waals surface area (Å²) in [6, 6.07) is 5.42. The van der Waals surface area contributed by atoms with Crippen LogP contribution in [0.1, 0.15) is 5.82 Å². The third-order valence-electron chi connectivity index (χ3n) is 1.91. The molecule has 70 valence electrons. The summed E-state index contributed by atoms with van der Waals surface area (Å²) in [5.74, 6) is 0.733. The Morgan fingerprint density at radius 1 is 1.21 bits per heavy atom. The molecule has 0 spiro atoms. The lowest BCUT2D eigenvalue weighted by Gasteiger charge is -2.04. The maximum Gasteiger partial charge on any atom is 0.129 e. The van der Waals surface area contributed by atoms with E-state index in [1.165, 1.54) is 0 Å². The van der Waals surface area contributed by atoms with Crippen LogP contribution in [0.4, 0.5) is 0 Å². The highest BCUT2D eigenvalue weighted by Gasteiger charge is 1.96. The molecule has 0 saturated carbocycles. The largest absolute Gasteiger partial charge is 0.299 e. The van der Waals surface area contributed by atoms with E-state index in [0.29, 0.717) is 5.49 Å². The van der Waals surface area contributed by atoms with Gasteiger partial charge in [0.1, 0.15) is 11.3 Å². The molecule has 1 N–H and O–H groups in total. The van der Waals surface area contributed by atoms with E-state index in [9.17, 15) is 0 Å². The molecule has 0 bridgehead atoms. The average molecular weight is 186 g/mol. The summed E-state index contributed by atoms with van der Waals surface area (Å²) in [5.41, 5.74) is 1.22. The minimum absolute atomic E-state index is 0.417. The van der Waals surface area contributed by atoms with Gasteiger partial charge in [0.25, 0.3) is 0 Å². The standard InChI is InChI=1S/C10H10N4/c1-8-12-6-9(7-13-8)14-5-3-2-4-10(14)11/h2-7,11H,1H3. The maximum absolute atomic E-state index is 7.67. The van der Waals surface area contributed by atoms with Gasteiger partial charge in [-0.2, -0.15) is 0 Å². The van der Waals surface area contributed by atoms with Crippen LogP contribution in [0.25, 0.3) is 5.69 Å². The van der Waals surface area contributed by atoms with E-state index >= 15 is 0 Å². The molecule has 2 rings (SSSR count). The summed E-state index contributed by atoms with van der Waals surface area (Å²) >= 11 is 0. The lowest BCUT2D eigenvalue weighted by molar-refractivity contribution is 0.895. The van der Waals surface area contributed by atoms with Gasteiger partial charge in [-0.25, -0.2) is 9.97 Å². The van der Waals surface area contributed by atoms with Gasteiger partial charge in [-0.1, -0.05) is 6.07 Å². The van der Waals surface area contributed by atoms with Gasteiger partial charge in [0.05, 0.1) is 18.1 Å². The molecule has 2 aromatic heterocycles. The molecule has 0 fully saturated rings. The van der Waals surface area contributed by atoms with E-state index < -0.39 is 0 Å². The van der Waals surface area contributed by atoms with Crippen molar-refractivity contribution >= 4 is 0 Å². The molecule has 0 radical (unpaired) electrons. The maximum atomic E-state index is 7.67. The van der Waals surface area contributed by atoms with Crippen molar-refractivity contribution < 1.29 is 0 Å². The summed E-state index contributed by atoms with van der Waals surface area (Å²) in [6.07, 6.45) is 5.23. The molecule has 0 saturated heterocycles. The van der Waals surface area contributed by atoms with Crippen molar-refractivity contribution in [1.29, 1.82) is 5.41 Å². The molecule has 2 aromatic rings. The fraction of sp³-hybridized carbons (Fsp3) is 0.100. The summed E-state index contributed by atoms with van der Waals surface area (Å²) in [4.78, 5) is 8.16. The fourth-order valence-electron chi connectivity index (χ4n) is 1.18. The first-order chi connectivity index (χ1) is 6.77. The Balaban J connectivity index is 2.56. The molecular weight excluding hydrogens is 176 g/mol. The zero-order valence-electron chi connectivity index (χ0n) is 7.81. The number of aromatic nitrogens is 3. The molecule has 4 nitrogen and oxygen atoms in total. The number of hydrogen-bond acceptors (Lipinski definition) is 3. The Labute approximate surface area is 81.4 Å². The van der Waals surface area contributed by atoms with Crippen LogP contribution in [0.15, 0.2) is 36.8 Å². The Kier molecular flexibility index (Phi) is 2.10. The van der Waals surface area contributed by atoms with E-state index in [2.05, 4.69) is 9.97 Å². The van der Waals surface area contributed by atoms with Crippen molar-refractivity contribution in [2.45, 2.75) is 6.92 Å². The molecular formula is C10H10N4. The zero-order chi connectivity index (χ0) is 9.97. The number of pyridine rings is 1. The highest BCUT2D eigenvalue weighted by molar-refractivity contribution is 5.25. The van der Waals surface area contributed by atoms with Gasteiger partial charge >= 0.3 is 0 Å². The number of nitrogens with one attached hydrogen (secondary N) is 1. The second-order valence-electron chi connectivity index (χ2n) is 2.94. The van der Waals surface area contributed by atoms with Crippen LogP contribution in [0.5, 0.6) is 0 Å². The predicted octanol–water partition coefficient (Wildman–Crippen LogP) is 1.06. The fourth-order valence-corrected chi connectivity index (χ4v) is 1.18. The Morgan fingerprint density at radius 3 is 2.57 bits per heavy atom. The van der Waals surface area contributed by atoms with E-state index in [4.69, 9.17) is 5.41 Å². The summed E-state index contributed by atoms with van der Waals surface area (Å²) in [5, 5.41) is 7.67. The molecule has 4 heteroatoms. The van der Waals surface area contributed by atoms with Crippen LogP contribution in [-0.2, 0) is 0 Å². The highest BCUT2D eigenvalue weighted by atomic mass is 15.0. The Bertz CT molecular complexity index is 484. The molecule has 0 aliphatic rings. The van der Waals surface area contributed by atoms with E-state index in [1.807, 2.05) is 25.3 Å². The van der Waals surface area contributed by atoms with Crippen LogP contribution < -0.4 is 5.49 Å². The SMILES string of the molecule is Cc1ncc(-n2ccccc2=N)cn1. The van der Waals surface area contributed by atoms with Gasteiger partial charge < -0.3 is 0 Å². The van der Waals surface area contributed by atoms with Crippen molar-refractivity contribution in [3.8, 4) is 5.69 Å². The third kappa shape index (κ3) is 1.54. The smallest absolute Gasteiger partial charge is 0.129 e. The topological polar surface area (TPSA) is 54.6 Å². The first-order valence-electron chi connectivity index (χ1n) is 4.29. The summed E-state index contributed by atoms with van der Waals surface area (Å²) in [7, 11) is 0. The van der Waals surface area contributed by atoms with Crippen LogP contribution >= 0.6 is 0 Å². The summed E-state index contributed by atoms with van der Waals surface area (Å²) in [6.45, 7) is 1.83. The van der Waals surface area contributed by atoms with Gasteiger partial charge in [-0.15, -0.1) is 0 Å². The van der Waals surface area contributed by atoms with Crippen LogP contribution in [0, 0.1) is 12.3 Å². The second kappa shape index (κ2) is 3.41. The van der Waals surface area contributed by atoms with Crippen molar-refractivity contribution in [3.05, 3.63) is 48.1 Å². The molecule has 14 heavy (non-hydrogen) atoms. The molecule has 2 heterocycles. The molecule has 0 aliphatic carbocycles. The van der Waals surface area contributed by atoms with Crippen LogP contribution in [0.2, 0.25) is 0 Å². The first kappa shape index (κ1) is 8.62. The van der Waals surface area contributed by atoms with Gasteiger partial charge in [-0.3, -0.25) is 9.98 Å². The lowest BCUT2D eigenvalue weighted by atomic mass is 10.4. The molecule has 0 amide bonds. The van der Waals surface area contributed by atoms with Crippen molar-refractivity contribution in [2.75, 3.05) is 0 Å². The minimum atomic E-state index is 0.417. The van der Waals surface area contributed by atoms with Gasteiger partial charge in [-0.05, 0) is 19.1 Å². The Hall–Kier alpha value is -1.97. The summed E-state index contributed by atoms with van der Waals surface area (Å²) < 4.78 is 1.72. The molecule has 0 atom stereocenters. The van der Waals surface area contributed by atoms with Crippen molar-refractivity contribution in [3.63, 3.8) is 0 Å². The van der Waals surface area contributed by atoms with E-state index in [0.717, 1.165) is 11.5 Å². The number of aryl methyl sites for hydroxylation is 1. The predicted molar refractivity (Wildman–Crippen MR) is 52.0 cm³/mol. The number of nitrogens with zero attached hydrogens (tertiary/aromatic N) is 3.